The first-order valence-corrected chi connectivity index (χ1v) is 5.37. The van der Waals surface area contributed by atoms with Crippen molar-refractivity contribution in [1.29, 1.82) is 0 Å². The van der Waals surface area contributed by atoms with Crippen molar-refractivity contribution in [1.82, 2.24) is 0 Å². The van der Waals surface area contributed by atoms with Crippen molar-refractivity contribution in [3.8, 4) is 5.75 Å². The molecule has 7 nitrogen and oxygen atoms in total. The Morgan fingerprint density at radius 1 is 1.61 bits per heavy atom. The van der Waals surface area contributed by atoms with Gasteiger partial charge in [0.2, 0.25) is 0 Å². The zero-order chi connectivity index (χ0) is 13.4. The van der Waals surface area contributed by atoms with E-state index in [1.807, 2.05) is 6.92 Å². The molecule has 1 aromatic heterocycles. The number of esters is 1. The Morgan fingerprint density at radius 2 is 2.39 bits per heavy atom. The third kappa shape index (κ3) is 5.15. The summed E-state index contributed by atoms with van der Waals surface area (Å²) in [5, 5.41) is 9.09. The Labute approximate surface area is 103 Å². The average Bonchev–Trinajstić information content (AvgIpc) is 2.73. The molecule has 0 amide bonds. The Balaban J connectivity index is 2.43. The van der Waals surface area contributed by atoms with Gasteiger partial charge in [-0.15, -0.1) is 10.1 Å². The fourth-order valence-electron chi connectivity index (χ4n) is 1.07. The van der Waals surface area contributed by atoms with E-state index in [1.54, 1.807) is 0 Å². The lowest BCUT2D eigenvalue weighted by Crippen LogP contribution is -2.02. The molecule has 1 heterocycles. The van der Waals surface area contributed by atoms with E-state index in [9.17, 15) is 14.9 Å². The maximum atomic E-state index is 11.2. The first-order chi connectivity index (χ1) is 8.61. The van der Waals surface area contributed by atoms with Gasteiger partial charge in [0.15, 0.2) is 5.75 Å². The van der Waals surface area contributed by atoms with Crippen molar-refractivity contribution in [2.45, 2.75) is 19.8 Å². The van der Waals surface area contributed by atoms with Gasteiger partial charge in [-0.1, -0.05) is 13.3 Å². The van der Waals surface area contributed by atoms with E-state index in [0.717, 1.165) is 19.1 Å². The van der Waals surface area contributed by atoms with E-state index in [2.05, 4.69) is 4.84 Å². The Kier molecular flexibility index (Phi) is 5.43. The number of carbonyl (C=O) groups excluding carboxylic acids is 1. The lowest BCUT2D eigenvalue weighted by molar-refractivity contribution is -0.711. The number of nitrogens with zero attached hydrogens (tertiary/aromatic N) is 1. The molecule has 18 heavy (non-hydrogen) atoms. The number of ether oxygens (including phenoxy) is 1. The first-order valence-electron chi connectivity index (χ1n) is 5.37. The van der Waals surface area contributed by atoms with E-state index in [0.29, 0.717) is 6.61 Å². The summed E-state index contributed by atoms with van der Waals surface area (Å²) < 4.78 is 9.79. The molecule has 1 aromatic rings. The van der Waals surface area contributed by atoms with Crippen LogP contribution in [0.3, 0.4) is 0 Å². The minimum atomic E-state index is -0.947. The molecular formula is C11H13NO6. The Hall–Kier alpha value is -2.31. The second kappa shape index (κ2) is 7.10. The molecule has 0 aliphatic rings. The molecule has 0 spiro atoms. The third-order valence-corrected chi connectivity index (χ3v) is 1.90. The van der Waals surface area contributed by atoms with Gasteiger partial charge in [-0.2, -0.15) is 0 Å². The second-order valence-corrected chi connectivity index (χ2v) is 3.35. The van der Waals surface area contributed by atoms with Gasteiger partial charge >= 0.3 is 5.97 Å². The highest BCUT2D eigenvalue weighted by Crippen LogP contribution is 2.17. The highest BCUT2D eigenvalue weighted by atomic mass is 17.0. The zero-order valence-electron chi connectivity index (χ0n) is 9.83. The van der Waals surface area contributed by atoms with Crippen molar-refractivity contribution in [3.05, 3.63) is 34.3 Å². The minimum Gasteiger partial charge on any atom is -0.463 e. The molecule has 0 atom stereocenters. The van der Waals surface area contributed by atoms with E-state index < -0.39 is 11.1 Å². The van der Waals surface area contributed by atoms with Gasteiger partial charge in [0.25, 0.3) is 5.09 Å². The highest BCUT2D eigenvalue weighted by molar-refractivity contribution is 5.86. The van der Waals surface area contributed by atoms with Crippen molar-refractivity contribution in [3.63, 3.8) is 0 Å². The molecule has 0 saturated carbocycles. The molecule has 0 bridgehead atoms. The van der Waals surface area contributed by atoms with Gasteiger partial charge in [-0.05, 0) is 12.5 Å². The quantitative estimate of drug-likeness (QED) is 0.244. The number of rotatable bonds is 7. The number of unbranched alkanes of at least 4 members (excludes halogenated alkanes) is 1. The smallest absolute Gasteiger partial charge is 0.330 e. The molecule has 0 unspecified atom stereocenters. The molecule has 0 aromatic carbocycles. The molecule has 0 N–H and O–H groups in total. The Morgan fingerprint density at radius 3 is 3.06 bits per heavy atom. The average molecular weight is 255 g/mol. The molecule has 0 fully saturated rings. The lowest BCUT2D eigenvalue weighted by atomic mass is 10.3. The summed E-state index contributed by atoms with van der Waals surface area (Å²) in [6, 6.07) is 1.29. The van der Waals surface area contributed by atoms with Crippen molar-refractivity contribution in [2.24, 2.45) is 0 Å². The first kappa shape index (κ1) is 13.8. The SMILES string of the molecule is CCCCOC(=O)/C=C/c1cc(O[N+](=O)[O-])co1. The summed E-state index contributed by atoms with van der Waals surface area (Å²) in [5.41, 5.74) is 0. The monoisotopic (exact) mass is 255 g/mol. The molecule has 98 valence electrons. The van der Waals surface area contributed by atoms with Gasteiger partial charge in [0, 0.05) is 12.1 Å². The molecular weight excluding hydrogens is 242 g/mol. The van der Waals surface area contributed by atoms with Crippen LogP contribution < -0.4 is 4.84 Å². The molecule has 0 aliphatic carbocycles. The predicted octanol–water partition coefficient (Wildman–Crippen LogP) is 2.21. The van der Waals surface area contributed by atoms with Gasteiger partial charge in [-0.3, -0.25) is 4.84 Å². The van der Waals surface area contributed by atoms with Crippen LogP contribution in [-0.2, 0) is 9.53 Å². The predicted molar refractivity (Wildman–Crippen MR) is 61.2 cm³/mol. The van der Waals surface area contributed by atoms with Gasteiger partial charge in [-0.25, -0.2) is 4.79 Å². The van der Waals surface area contributed by atoms with Crippen LogP contribution in [0.25, 0.3) is 6.08 Å². The largest absolute Gasteiger partial charge is 0.463 e. The minimum absolute atomic E-state index is 0.0426. The van der Waals surface area contributed by atoms with Crippen LogP contribution in [0.2, 0.25) is 0 Å². The van der Waals surface area contributed by atoms with Crippen molar-refractivity contribution in [2.75, 3.05) is 6.61 Å². The van der Waals surface area contributed by atoms with Crippen LogP contribution in [0, 0.1) is 10.1 Å². The fourth-order valence-corrected chi connectivity index (χ4v) is 1.07. The maximum absolute atomic E-state index is 11.2. The van der Waals surface area contributed by atoms with Gasteiger partial charge in [0.05, 0.1) is 6.61 Å². The number of hydrogen-bond acceptors (Lipinski definition) is 6. The maximum Gasteiger partial charge on any atom is 0.330 e. The summed E-state index contributed by atoms with van der Waals surface area (Å²) in [6.07, 6.45) is 5.36. The molecule has 0 radical (unpaired) electrons. The van der Waals surface area contributed by atoms with Crippen LogP contribution >= 0.6 is 0 Å². The highest BCUT2D eigenvalue weighted by Gasteiger charge is 2.04. The van der Waals surface area contributed by atoms with E-state index >= 15 is 0 Å². The summed E-state index contributed by atoms with van der Waals surface area (Å²) in [5.74, 6) is -0.269. The number of furan rings is 1. The molecule has 7 heteroatoms. The summed E-state index contributed by atoms with van der Waals surface area (Å²) in [6.45, 7) is 2.36. The van der Waals surface area contributed by atoms with E-state index in [4.69, 9.17) is 9.15 Å². The third-order valence-electron chi connectivity index (χ3n) is 1.90. The summed E-state index contributed by atoms with van der Waals surface area (Å²) in [7, 11) is 0. The van der Waals surface area contributed by atoms with Crippen LogP contribution in [0.5, 0.6) is 5.75 Å². The van der Waals surface area contributed by atoms with E-state index in [1.165, 1.54) is 18.2 Å². The van der Waals surface area contributed by atoms with Crippen molar-refractivity contribution >= 4 is 12.0 Å². The van der Waals surface area contributed by atoms with Crippen molar-refractivity contribution < 1.29 is 23.9 Å². The Bertz CT molecular complexity index is 436. The topological polar surface area (TPSA) is 91.8 Å². The zero-order valence-corrected chi connectivity index (χ0v) is 9.83. The van der Waals surface area contributed by atoms with Crippen LogP contribution in [0.15, 0.2) is 22.8 Å². The lowest BCUT2D eigenvalue weighted by Gasteiger charge is -1.98. The van der Waals surface area contributed by atoms with Crippen LogP contribution in [0.4, 0.5) is 0 Å². The van der Waals surface area contributed by atoms with Gasteiger partial charge in [0.1, 0.15) is 12.0 Å². The molecule has 0 aliphatic heterocycles. The normalized spacial score (nSPS) is 10.5. The summed E-state index contributed by atoms with van der Waals surface area (Å²) in [4.78, 5) is 25.4. The fraction of sp³-hybridized carbons (Fsp3) is 0.364. The molecule has 1 rings (SSSR count). The van der Waals surface area contributed by atoms with Gasteiger partial charge < -0.3 is 9.15 Å². The molecule has 0 saturated heterocycles. The number of carbonyl (C=O) groups is 1. The number of hydrogen-bond donors (Lipinski definition) is 0. The second-order valence-electron chi connectivity index (χ2n) is 3.35. The van der Waals surface area contributed by atoms with Crippen LogP contribution in [-0.4, -0.2) is 17.7 Å². The standard InChI is InChI=1S/C11H13NO6/c1-2-3-6-16-11(13)5-4-9-7-10(8-17-9)18-12(14)15/h4-5,7-8H,2-3,6H2,1H3/b5-4+. The van der Waals surface area contributed by atoms with E-state index in [-0.39, 0.29) is 11.5 Å². The van der Waals surface area contributed by atoms with Crippen LogP contribution in [0.1, 0.15) is 25.5 Å². The summed E-state index contributed by atoms with van der Waals surface area (Å²) >= 11 is 0.